The summed E-state index contributed by atoms with van der Waals surface area (Å²) in [7, 11) is 0. The number of nitrogens with zero attached hydrogens (tertiary/aromatic N) is 3. The van der Waals surface area contributed by atoms with Crippen molar-refractivity contribution in [3.8, 4) is 0 Å². The summed E-state index contributed by atoms with van der Waals surface area (Å²) in [6, 6.07) is 7.30. The molecule has 0 spiro atoms. The van der Waals surface area contributed by atoms with Gasteiger partial charge in [-0.3, -0.25) is 10.1 Å². The van der Waals surface area contributed by atoms with E-state index < -0.39 is 0 Å². The van der Waals surface area contributed by atoms with E-state index in [2.05, 4.69) is 25.8 Å². The highest BCUT2D eigenvalue weighted by molar-refractivity contribution is 6.07. The predicted molar refractivity (Wildman–Crippen MR) is 77.9 cm³/mol. The van der Waals surface area contributed by atoms with Gasteiger partial charge in [0.2, 0.25) is 5.95 Å². The highest BCUT2D eigenvalue weighted by Crippen LogP contribution is 2.16. The summed E-state index contributed by atoms with van der Waals surface area (Å²) in [4.78, 5) is 16.4. The van der Waals surface area contributed by atoms with Crippen LogP contribution < -0.4 is 10.6 Å². The van der Waals surface area contributed by atoms with Crippen LogP contribution in [-0.4, -0.2) is 27.6 Å². The molecule has 0 aliphatic carbocycles. The van der Waals surface area contributed by atoms with Crippen LogP contribution in [-0.2, 0) is 0 Å². The second kappa shape index (κ2) is 6.10. The molecule has 20 heavy (non-hydrogen) atoms. The summed E-state index contributed by atoms with van der Waals surface area (Å²) in [5.74, 6) is -0.0454. The number of benzene rings is 1. The van der Waals surface area contributed by atoms with E-state index in [1.54, 1.807) is 6.07 Å². The molecular weight excluding hydrogens is 254 g/mol. The van der Waals surface area contributed by atoms with E-state index in [4.69, 9.17) is 0 Å². The van der Waals surface area contributed by atoms with Gasteiger partial charge in [-0.1, -0.05) is 12.1 Å². The molecule has 0 radical (unpaired) electrons. The molecule has 0 bridgehead atoms. The minimum absolute atomic E-state index is 0.212. The highest BCUT2D eigenvalue weighted by Gasteiger charge is 2.12. The Morgan fingerprint density at radius 2 is 1.90 bits per heavy atom. The molecule has 0 unspecified atom stereocenters. The van der Waals surface area contributed by atoms with Gasteiger partial charge in [-0.2, -0.15) is 5.10 Å². The topological polar surface area (TPSA) is 79.8 Å². The number of carbonyl (C=O) groups excluding carboxylic acids is 1. The largest absolute Gasteiger partial charge is 0.385 e. The molecule has 1 aromatic carbocycles. The van der Waals surface area contributed by atoms with Gasteiger partial charge in [-0.05, 0) is 32.9 Å². The molecule has 0 aliphatic heterocycles. The van der Waals surface area contributed by atoms with Crippen molar-refractivity contribution in [3.05, 3.63) is 41.2 Å². The summed E-state index contributed by atoms with van der Waals surface area (Å²) in [6.07, 6.45) is 0. The molecular formula is C14H17N5O. The molecule has 6 heteroatoms. The van der Waals surface area contributed by atoms with Gasteiger partial charge in [0.25, 0.3) is 5.91 Å². The quantitative estimate of drug-likeness (QED) is 0.890. The molecule has 2 N–H and O–H groups in total. The fourth-order valence-corrected chi connectivity index (χ4v) is 1.70. The Morgan fingerprint density at radius 3 is 2.60 bits per heavy atom. The molecule has 0 atom stereocenters. The van der Waals surface area contributed by atoms with Gasteiger partial charge in [-0.15, -0.1) is 5.10 Å². The average Bonchev–Trinajstić information content (AvgIpc) is 2.44. The standard InChI is InChI=1S/C14H17N5O/c1-4-15-12-8-6-5-7-11(12)13(20)17-14-16-9(2)10(3)18-19-14/h5-8,15H,4H2,1-3H3,(H,16,17,19,20). The van der Waals surface area contributed by atoms with E-state index in [1.165, 1.54) is 0 Å². The number of rotatable bonds is 4. The molecule has 104 valence electrons. The zero-order valence-electron chi connectivity index (χ0n) is 11.8. The van der Waals surface area contributed by atoms with Crippen molar-refractivity contribution >= 4 is 17.5 Å². The monoisotopic (exact) mass is 271 g/mol. The maximum Gasteiger partial charge on any atom is 0.260 e. The molecule has 0 fully saturated rings. The predicted octanol–water partition coefficient (Wildman–Crippen LogP) is 2.17. The third kappa shape index (κ3) is 3.09. The first-order chi connectivity index (χ1) is 9.61. The van der Waals surface area contributed by atoms with Crippen LogP contribution in [0.25, 0.3) is 0 Å². The van der Waals surface area contributed by atoms with Crippen molar-refractivity contribution in [2.75, 3.05) is 17.2 Å². The fourth-order valence-electron chi connectivity index (χ4n) is 1.70. The van der Waals surface area contributed by atoms with Gasteiger partial charge in [-0.25, -0.2) is 4.98 Å². The summed E-state index contributed by atoms with van der Waals surface area (Å²) in [6.45, 7) is 6.37. The first kappa shape index (κ1) is 13.9. The van der Waals surface area contributed by atoms with Crippen molar-refractivity contribution in [1.29, 1.82) is 0 Å². The summed E-state index contributed by atoms with van der Waals surface area (Å²) in [5.41, 5.74) is 2.83. The number of hydrogen-bond acceptors (Lipinski definition) is 5. The summed E-state index contributed by atoms with van der Waals surface area (Å²) >= 11 is 0. The Balaban J connectivity index is 2.21. The maximum atomic E-state index is 12.2. The van der Waals surface area contributed by atoms with Crippen LogP contribution in [0.4, 0.5) is 11.6 Å². The minimum Gasteiger partial charge on any atom is -0.385 e. The van der Waals surface area contributed by atoms with E-state index in [1.807, 2.05) is 39.0 Å². The van der Waals surface area contributed by atoms with Crippen molar-refractivity contribution in [1.82, 2.24) is 15.2 Å². The number of para-hydroxylation sites is 1. The number of aryl methyl sites for hydroxylation is 2. The van der Waals surface area contributed by atoms with E-state index >= 15 is 0 Å². The van der Waals surface area contributed by atoms with Gasteiger partial charge in [0.1, 0.15) is 0 Å². The van der Waals surface area contributed by atoms with Crippen molar-refractivity contribution < 1.29 is 4.79 Å². The zero-order chi connectivity index (χ0) is 14.5. The molecule has 2 rings (SSSR count). The van der Waals surface area contributed by atoms with E-state index in [-0.39, 0.29) is 11.9 Å². The van der Waals surface area contributed by atoms with Crippen LogP contribution >= 0.6 is 0 Å². The van der Waals surface area contributed by atoms with Gasteiger partial charge in [0, 0.05) is 12.2 Å². The first-order valence-corrected chi connectivity index (χ1v) is 6.44. The molecule has 0 aliphatic rings. The van der Waals surface area contributed by atoms with Gasteiger partial charge in [0.15, 0.2) is 0 Å². The Labute approximate surface area is 117 Å². The number of amides is 1. The zero-order valence-corrected chi connectivity index (χ0v) is 11.8. The van der Waals surface area contributed by atoms with Gasteiger partial charge >= 0.3 is 0 Å². The van der Waals surface area contributed by atoms with Crippen molar-refractivity contribution in [3.63, 3.8) is 0 Å². The van der Waals surface area contributed by atoms with Crippen LogP contribution in [0, 0.1) is 13.8 Å². The van der Waals surface area contributed by atoms with E-state index in [0.717, 1.165) is 23.6 Å². The Bertz CT molecular complexity index is 627. The SMILES string of the molecule is CCNc1ccccc1C(=O)Nc1nnc(C)c(C)n1. The number of anilines is 2. The van der Waals surface area contributed by atoms with Crippen LogP contribution in [0.15, 0.2) is 24.3 Å². The third-order valence-corrected chi connectivity index (χ3v) is 2.86. The normalized spacial score (nSPS) is 10.2. The Kier molecular flexibility index (Phi) is 4.24. The molecule has 0 saturated carbocycles. The Morgan fingerprint density at radius 1 is 1.15 bits per heavy atom. The molecule has 1 heterocycles. The lowest BCUT2D eigenvalue weighted by molar-refractivity contribution is 0.102. The van der Waals surface area contributed by atoms with Gasteiger partial charge in [0.05, 0.1) is 17.0 Å². The lowest BCUT2D eigenvalue weighted by Crippen LogP contribution is -2.17. The number of nitrogens with one attached hydrogen (secondary N) is 2. The molecule has 2 aromatic rings. The number of hydrogen-bond donors (Lipinski definition) is 2. The fraction of sp³-hybridized carbons (Fsp3) is 0.286. The molecule has 1 aromatic heterocycles. The Hall–Kier alpha value is -2.50. The van der Waals surface area contributed by atoms with Gasteiger partial charge < -0.3 is 5.32 Å². The second-order valence-corrected chi connectivity index (χ2v) is 4.34. The highest BCUT2D eigenvalue weighted by atomic mass is 16.1. The van der Waals surface area contributed by atoms with E-state index in [0.29, 0.717) is 5.56 Å². The summed E-state index contributed by atoms with van der Waals surface area (Å²) < 4.78 is 0. The third-order valence-electron chi connectivity index (χ3n) is 2.86. The smallest absolute Gasteiger partial charge is 0.260 e. The average molecular weight is 271 g/mol. The number of carbonyl (C=O) groups is 1. The molecule has 0 saturated heterocycles. The van der Waals surface area contributed by atoms with E-state index in [9.17, 15) is 4.79 Å². The maximum absolute atomic E-state index is 12.2. The van der Waals surface area contributed by atoms with Crippen LogP contribution in [0.1, 0.15) is 28.7 Å². The lowest BCUT2D eigenvalue weighted by Gasteiger charge is -2.10. The lowest BCUT2D eigenvalue weighted by atomic mass is 10.1. The molecule has 1 amide bonds. The van der Waals surface area contributed by atoms with Crippen LogP contribution in [0.5, 0.6) is 0 Å². The first-order valence-electron chi connectivity index (χ1n) is 6.44. The van der Waals surface area contributed by atoms with Crippen molar-refractivity contribution in [2.45, 2.75) is 20.8 Å². The number of aromatic nitrogens is 3. The van der Waals surface area contributed by atoms with Crippen molar-refractivity contribution in [2.24, 2.45) is 0 Å². The minimum atomic E-state index is -0.258. The summed E-state index contributed by atoms with van der Waals surface area (Å²) in [5, 5.41) is 13.6. The molecule has 6 nitrogen and oxygen atoms in total. The van der Waals surface area contributed by atoms with Crippen LogP contribution in [0.2, 0.25) is 0 Å². The second-order valence-electron chi connectivity index (χ2n) is 4.34. The van der Waals surface area contributed by atoms with Crippen LogP contribution in [0.3, 0.4) is 0 Å².